The first kappa shape index (κ1) is 13.9. The highest BCUT2D eigenvalue weighted by molar-refractivity contribution is 5.95. The highest BCUT2D eigenvalue weighted by atomic mass is 16.5. The standard InChI is InChI=1S/C18H15N3O/c1-2-22-15-9-7-14(8-10-15)21-18-13(11-19)12-20-17-6-4-3-5-16(17)18/h3-10,12H,2H2,1H3,(H,20,21). The summed E-state index contributed by atoms with van der Waals surface area (Å²) in [4.78, 5) is 4.31. The Kier molecular flexibility index (Phi) is 3.88. The molecule has 0 radical (unpaired) electrons. The van der Waals surface area contributed by atoms with Crippen molar-refractivity contribution < 1.29 is 4.74 Å². The first-order valence-electron chi connectivity index (χ1n) is 7.09. The van der Waals surface area contributed by atoms with E-state index in [1.54, 1.807) is 6.20 Å². The van der Waals surface area contributed by atoms with E-state index in [1.807, 2.05) is 55.5 Å². The fraction of sp³-hybridized carbons (Fsp3) is 0.111. The fourth-order valence-electron chi connectivity index (χ4n) is 2.31. The summed E-state index contributed by atoms with van der Waals surface area (Å²) in [5, 5.41) is 13.6. The van der Waals surface area contributed by atoms with Crippen LogP contribution in [0.5, 0.6) is 5.75 Å². The molecule has 0 saturated heterocycles. The number of ether oxygens (including phenoxy) is 1. The van der Waals surface area contributed by atoms with Gasteiger partial charge in [-0.05, 0) is 37.3 Å². The summed E-state index contributed by atoms with van der Waals surface area (Å²) in [5.41, 5.74) is 3.05. The largest absolute Gasteiger partial charge is 0.494 e. The van der Waals surface area contributed by atoms with E-state index in [4.69, 9.17) is 4.74 Å². The van der Waals surface area contributed by atoms with Gasteiger partial charge in [0.05, 0.1) is 23.4 Å². The number of para-hydroxylation sites is 1. The Hall–Kier alpha value is -3.06. The topological polar surface area (TPSA) is 57.9 Å². The first-order chi connectivity index (χ1) is 10.8. The molecule has 1 heterocycles. The van der Waals surface area contributed by atoms with Crippen molar-refractivity contribution in [2.24, 2.45) is 0 Å². The molecule has 0 aliphatic carbocycles. The molecular weight excluding hydrogens is 274 g/mol. The average molecular weight is 289 g/mol. The van der Waals surface area contributed by atoms with Gasteiger partial charge in [-0.2, -0.15) is 5.26 Å². The van der Waals surface area contributed by atoms with Crippen molar-refractivity contribution >= 4 is 22.3 Å². The number of anilines is 2. The number of aromatic nitrogens is 1. The zero-order valence-corrected chi connectivity index (χ0v) is 12.2. The number of rotatable bonds is 4. The summed E-state index contributed by atoms with van der Waals surface area (Å²) in [5.74, 6) is 0.827. The quantitative estimate of drug-likeness (QED) is 0.780. The summed E-state index contributed by atoms with van der Waals surface area (Å²) < 4.78 is 5.44. The Bertz CT molecular complexity index is 835. The molecule has 0 spiro atoms. The van der Waals surface area contributed by atoms with Crippen molar-refractivity contribution in [2.75, 3.05) is 11.9 Å². The Morgan fingerprint density at radius 2 is 1.91 bits per heavy atom. The van der Waals surface area contributed by atoms with Crippen molar-refractivity contribution in [1.29, 1.82) is 5.26 Å². The average Bonchev–Trinajstić information content (AvgIpc) is 2.57. The molecule has 0 unspecified atom stereocenters. The van der Waals surface area contributed by atoms with Crippen LogP contribution in [0, 0.1) is 11.3 Å². The van der Waals surface area contributed by atoms with Crippen LogP contribution in [0.1, 0.15) is 12.5 Å². The highest BCUT2D eigenvalue weighted by Crippen LogP contribution is 2.29. The molecule has 3 rings (SSSR count). The molecule has 108 valence electrons. The fourth-order valence-corrected chi connectivity index (χ4v) is 2.31. The number of benzene rings is 2. The van der Waals surface area contributed by atoms with Crippen molar-refractivity contribution in [2.45, 2.75) is 6.92 Å². The molecule has 1 aromatic heterocycles. The maximum atomic E-state index is 9.32. The number of pyridine rings is 1. The Morgan fingerprint density at radius 3 is 2.64 bits per heavy atom. The number of nitrogens with zero attached hydrogens (tertiary/aromatic N) is 2. The molecule has 0 fully saturated rings. The number of hydrogen-bond acceptors (Lipinski definition) is 4. The number of nitrogens with one attached hydrogen (secondary N) is 1. The van der Waals surface area contributed by atoms with Crippen molar-refractivity contribution in [3.05, 3.63) is 60.3 Å². The van der Waals surface area contributed by atoms with Gasteiger partial charge in [-0.1, -0.05) is 18.2 Å². The molecule has 0 aliphatic rings. The lowest BCUT2D eigenvalue weighted by atomic mass is 10.1. The van der Waals surface area contributed by atoms with Gasteiger partial charge in [0.2, 0.25) is 0 Å². The minimum absolute atomic E-state index is 0.521. The van der Waals surface area contributed by atoms with Crippen LogP contribution in [0.25, 0.3) is 10.9 Å². The van der Waals surface area contributed by atoms with Crippen molar-refractivity contribution in [3.8, 4) is 11.8 Å². The lowest BCUT2D eigenvalue weighted by Gasteiger charge is -2.12. The molecule has 0 aliphatic heterocycles. The predicted octanol–water partition coefficient (Wildman–Crippen LogP) is 4.25. The van der Waals surface area contributed by atoms with Gasteiger partial charge < -0.3 is 10.1 Å². The third-order valence-electron chi connectivity index (χ3n) is 3.33. The van der Waals surface area contributed by atoms with E-state index in [0.29, 0.717) is 12.2 Å². The predicted molar refractivity (Wildman–Crippen MR) is 87.4 cm³/mol. The maximum Gasteiger partial charge on any atom is 0.119 e. The van der Waals surface area contributed by atoms with Crippen LogP contribution in [0.3, 0.4) is 0 Å². The smallest absolute Gasteiger partial charge is 0.119 e. The summed E-state index contributed by atoms with van der Waals surface area (Å²) >= 11 is 0. The second-order valence-corrected chi connectivity index (χ2v) is 4.76. The van der Waals surface area contributed by atoms with E-state index in [2.05, 4.69) is 16.4 Å². The van der Waals surface area contributed by atoms with Crippen LogP contribution in [0.15, 0.2) is 54.7 Å². The van der Waals surface area contributed by atoms with Crippen LogP contribution in [0.2, 0.25) is 0 Å². The van der Waals surface area contributed by atoms with Crippen LogP contribution < -0.4 is 10.1 Å². The van der Waals surface area contributed by atoms with Gasteiger partial charge in [-0.3, -0.25) is 4.98 Å². The molecule has 0 amide bonds. The van der Waals surface area contributed by atoms with Gasteiger partial charge in [-0.15, -0.1) is 0 Å². The summed E-state index contributed by atoms with van der Waals surface area (Å²) in [7, 11) is 0. The first-order valence-corrected chi connectivity index (χ1v) is 7.09. The van der Waals surface area contributed by atoms with Gasteiger partial charge in [-0.25, -0.2) is 0 Å². The third-order valence-corrected chi connectivity index (χ3v) is 3.33. The Balaban J connectivity index is 2.00. The molecule has 0 atom stereocenters. The van der Waals surface area contributed by atoms with Crippen LogP contribution in [-0.4, -0.2) is 11.6 Å². The molecule has 3 aromatic rings. The van der Waals surface area contributed by atoms with E-state index in [-0.39, 0.29) is 0 Å². The molecule has 4 nitrogen and oxygen atoms in total. The van der Waals surface area contributed by atoms with E-state index in [9.17, 15) is 5.26 Å². The van der Waals surface area contributed by atoms with Gasteiger partial charge >= 0.3 is 0 Å². The zero-order chi connectivity index (χ0) is 15.4. The monoisotopic (exact) mass is 289 g/mol. The zero-order valence-electron chi connectivity index (χ0n) is 12.2. The number of nitriles is 1. The minimum atomic E-state index is 0.521. The number of fused-ring (bicyclic) bond motifs is 1. The third kappa shape index (κ3) is 2.70. The van der Waals surface area contributed by atoms with E-state index in [1.165, 1.54) is 0 Å². The van der Waals surface area contributed by atoms with Gasteiger partial charge in [0.25, 0.3) is 0 Å². The van der Waals surface area contributed by atoms with E-state index < -0.39 is 0 Å². The van der Waals surface area contributed by atoms with Crippen LogP contribution >= 0.6 is 0 Å². The van der Waals surface area contributed by atoms with Crippen molar-refractivity contribution in [3.63, 3.8) is 0 Å². The Morgan fingerprint density at radius 1 is 1.14 bits per heavy atom. The second kappa shape index (κ2) is 6.15. The highest BCUT2D eigenvalue weighted by Gasteiger charge is 2.08. The van der Waals surface area contributed by atoms with Gasteiger partial charge in [0.15, 0.2) is 0 Å². The van der Waals surface area contributed by atoms with Crippen LogP contribution in [-0.2, 0) is 0 Å². The summed E-state index contributed by atoms with van der Waals surface area (Å²) in [6, 6.07) is 17.6. The normalized spacial score (nSPS) is 10.2. The molecular formula is C18H15N3O. The van der Waals surface area contributed by atoms with Gasteiger partial charge in [0.1, 0.15) is 11.8 Å². The molecule has 2 aromatic carbocycles. The van der Waals surface area contributed by atoms with E-state index in [0.717, 1.165) is 28.0 Å². The Labute approximate surface area is 129 Å². The molecule has 0 saturated carbocycles. The molecule has 22 heavy (non-hydrogen) atoms. The van der Waals surface area contributed by atoms with Gasteiger partial charge in [0, 0.05) is 17.3 Å². The molecule has 4 heteroatoms. The lowest BCUT2D eigenvalue weighted by molar-refractivity contribution is 0.340. The molecule has 1 N–H and O–H groups in total. The van der Waals surface area contributed by atoms with Crippen molar-refractivity contribution in [1.82, 2.24) is 4.98 Å². The number of hydrogen-bond donors (Lipinski definition) is 1. The van der Waals surface area contributed by atoms with Crippen LogP contribution in [0.4, 0.5) is 11.4 Å². The SMILES string of the molecule is CCOc1ccc(Nc2c(C#N)cnc3ccccc23)cc1. The summed E-state index contributed by atoms with van der Waals surface area (Å²) in [6.07, 6.45) is 1.60. The second-order valence-electron chi connectivity index (χ2n) is 4.76. The summed E-state index contributed by atoms with van der Waals surface area (Å²) in [6.45, 7) is 2.59. The maximum absolute atomic E-state index is 9.32. The lowest BCUT2D eigenvalue weighted by Crippen LogP contribution is -1.97. The van der Waals surface area contributed by atoms with E-state index >= 15 is 0 Å². The molecule has 0 bridgehead atoms. The minimum Gasteiger partial charge on any atom is -0.494 e.